The molecule has 0 spiro atoms. The van der Waals surface area contributed by atoms with Crippen molar-refractivity contribution in [1.29, 1.82) is 0 Å². The third kappa shape index (κ3) is 2.08. The van der Waals surface area contributed by atoms with Crippen LogP contribution in [-0.4, -0.2) is 16.0 Å². The molecular weight excluding hydrogens is 246 g/mol. The summed E-state index contributed by atoms with van der Waals surface area (Å²) in [6.07, 6.45) is 1.58. The Kier molecular flexibility index (Phi) is 3.33. The summed E-state index contributed by atoms with van der Waals surface area (Å²) in [6.45, 7) is 3.90. The molecule has 0 fully saturated rings. The fourth-order valence-corrected chi connectivity index (χ4v) is 2.00. The Morgan fingerprint density at radius 1 is 1.47 bits per heavy atom. The second-order valence-electron chi connectivity index (χ2n) is 4.03. The topological polar surface area (TPSA) is 77.2 Å². The number of fused-ring (bicyclic) bond motifs is 1. The van der Waals surface area contributed by atoms with E-state index in [0.29, 0.717) is 17.4 Å². The predicted octanol–water partition coefficient (Wildman–Crippen LogP) is 2.04. The lowest BCUT2D eigenvalue weighted by Crippen LogP contribution is -2.22. The third-order valence-corrected chi connectivity index (χ3v) is 2.88. The minimum Gasteiger partial charge on any atom is -0.375 e. The van der Waals surface area contributed by atoms with Crippen molar-refractivity contribution in [2.75, 3.05) is 11.9 Å². The van der Waals surface area contributed by atoms with Crippen LogP contribution in [0.1, 0.15) is 0 Å². The first-order valence-corrected chi connectivity index (χ1v) is 5.68. The van der Waals surface area contributed by atoms with Gasteiger partial charge in [0.05, 0.1) is 10.4 Å². The molecule has 0 aliphatic heterocycles. The summed E-state index contributed by atoms with van der Waals surface area (Å²) >= 11 is 0. The van der Waals surface area contributed by atoms with Crippen LogP contribution >= 0.6 is 0 Å². The Labute approximate surface area is 109 Å². The summed E-state index contributed by atoms with van der Waals surface area (Å²) in [4.78, 5) is 22.5. The predicted molar refractivity (Wildman–Crippen MR) is 74.5 cm³/mol. The Morgan fingerprint density at radius 2 is 2.16 bits per heavy atom. The molecule has 19 heavy (non-hydrogen) atoms. The molecule has 2 rings (SSSR count). The molecule has 0 aliphatic carbocycles. The molecule has 0 unspecified atom stereocenters. The maximum atomic E-state index is 12.1. The summed E-state index contributed by atoms with van der Waals surface area (Å²) in [5.74, 6) is 0. The van der Waals surface area contributed by atoms with E-state index < -0.39 is 16.2 Å². The van der Waals surface area contributed by atoms with Crippen molar-refractivity contribution in [1.82, 2.24) is 4.57 Å². The average molecular weight is 259 g/mol. The van der Waals surface area contributed by atoms with Crippen molar-refractivity contribution in [3.05, 3.63) is 57.4 Å². The highest BCUT2D eigenvalue weighted by molar-refractivity contribution is 5.96. The Hall–Kier alpha value is -2.63. The fourth-order valence-electron chi connectivity index (χ4n) is 2.00. The Bertz CT molecular complexity index is 719. The summed E-state index contributed by atoms with van der Waals surface area (Å²) in [5, 5.41) is 14.6. The van der Waals surface area contributed by atoms with Gasteiger partial charge in [0, 0.05) is 19.0 Å². The molecule has 0 atom stereocenters. The van der Waals surface area contributed by atoms with Crippen molar-refractivity contribution >= 4 is 22.3 Å². The molecule has 0 radical (unpaired) electrons. The summed E-state index contributed by atoms with van der Waals surface area (Å²) in [7, 11) is 1.52. The van der Waals surface area contributed by atoms with E-state index in [1.54, 1.807) is 30.3 Å². The summed E-state index contributed by atoms with van der Waals surface area (Å²) in [6, 6.07) is 7.05. The van der Waals surface area contributed by atoms with E-state index in [-0.39, 0.29) is 5.69 Å². The standard InChI is InChI=1S/C13H13N3O3/c1-3-8-14-11-9-6-4-5-7-10(9)15(2)13(17)12(11)16(18)19/h3-7,14H,1,8H2,2H3. The maximum absolute atomic E-state index is 12.1. The number of hydrogen-bond acceptors (Lipinski definition) is 4. The lowest BCUT2D eigenvalue weighted by atomic mass is 10.1. The molecule has 0 saturated heterocycles. The Morgan fingerprint density at radius 3 is 2.79 bits per heavy atom. The Balaban J connectivity index is 2.90. The summed E-state index contributed by atoms with van der Waals surface area (Å²) < 4.78 is 1.28. The van der Waals surface area contributed by atoms with Gasteiger partial charge in [0.2, 0.25) is 0 Å². The van der Waals surface area contributed by atoms with Crippen molar-refractivity contribution in [3.63, 3.8) is 0 Å². The van der Waals surface area contributed by atoms with Gasteiger partial charge in [-0.25, -0.2) is 0 Å². The van der Waals surface area contributed by atoms with Gasteiger partial charge in [-0.15, -0.1) is 6.58 Å². The number of pyridine rings is 1. The molecule has 0 bridgehead atoms. The second-order valence-corrected chi connectivity index (χ2v) is 4.03. The lowest BCUT2D eigenvalue weighted by Gasteiger charge is -2.11. The molecule has 1 heterocycles. The smallest absolute Gasteiger partial charge is 0.357 e. The molecule has 1 aromatic carbocycles. The minimum absolute atomic E-state index is 0.239. The van der Waals surface area contributed by atoms with E-state index in [9.17, 15) is 14.9 Å². The van der Waals surface area contributed by atoms with E-state index in [1.165, 1.54) is 11.6 Å². The number of aryl methyl sites for hydroxylation is 1. The number of rotatable bonds is 4. The zero-order chi connectivity index (χ0) is 14.0. The molecule has 6 nitrogen and oxygen atoms in total. The number of nitrogens with one attached hydrogen (secondary N) is 1. The van der Waals surface area contributed by atoms with Gasteiger partial charge in [-0.05, 0) is 6.07 Å². The van der Waals surface area contributed by atoms with E-state index in [2.05, 4.69) is 11.9 Å². The van der Waals surface area contributed by atoms with E-state index in [0.717, 1.165) is 0 Å². The van der Waals surface area contributed by atoms with Crippen LogP contribution in [0.15, 0.2) is 41.7 Å². The molecule has 1 N–H and O–H groups in total. The first-order chi connectivity index (χ1) is 9.07. The second kappa shape index (κ2) is 4.93. The number of para-hydroxylation sites is 1. The van der Waals surface area contributed by atoms with Crippen LogP contribution < -0.4 is 10.9 Å². The van der Waals surface area contributed by atoms with E-state index >= 15 is 0 Å². The number of aromatic nitrogens is 1. The van der Waals surface area contributed by atoms with Crippen molar-refractivity contribution in [2.45, 2.75) is 0 Å². The van der Waals surface area contributed by atoms with Crippen molar-refractivity contribution < 1.29 is 4.92 Å². The van der Waals surface area contributed by atoms with Gasteiger partial charge in [-0.1, -0.05) is 24.3 Å². The van der Waals surface area contributed by atoms with Gasteiger partial charge in [-0.2, -0.15) is 0 Å². The quantitative estimate of drug-likeness (QED) is 0.518. The fraction of sp³-hybridized carbons (Fsp3) is 0.154. The van der Waals surface area contributed by atoms with Crippen LogP contribution in [0, 0.1) is 10.1 Å². The largest absolute Gasteiger partial charge is 0.375 e. The van der Waals surface area contributed by atoms with Gasteiger partial charge < -0.3 is 9.88 Å². The molecule has 98 valence electrons. The van der Waals surface area contributed by atoms with Crippen LogP contribution in [0.25, 0.3) is 10.9 Å². The molecule has 0 aliphatic rings. The average Bonchev–Trinajstić information content (AvgIpc) is 2.40. The minimum atomic E-state index is -0.653. The first kappa shape index (κ1) is 12.8. The number of benzene rings is 1. The van der Waals surface area contributed by atoms with E-state index in [1.807, 2.05) is 0 Å². The van der Waals surface area contributed by atoms with Crippen LogP contribution in [0.5, 0.6) is 0 Å². The monoisotopic (exact) mass is 259 g/mol. The molecular formula is C13H13N3O3. The van der Waals surface area contributed by atoms with Crippen molar-refractivity contribution in [3.8, 4) is 0 Å². The van der Waals surface area contributed by atoms with Gasteiger partial charge in [0.15, 0.2) is 0 Å². The van der Waals surface area contributed by atoms with Crippen LogP contribution in [0.3, 0.4) is 0 Å². The zero-order valence-electron chi connectivity index (χ0n) is 10.4. The van der Waals surface area contributed by atoms with Crippen LogP contribution in [-0.2, 0) is 7.05 Å². The first-order valence-electron chi connectivity index (χ1n) is 5.68. The van der Waals surface area contributed by atoms with Crippen molar-refractivity contribution in [2.24, 2.45) is 7.05 Å². The molecule has 1 aromatic heterocycles. The maximum Gasteiger partial charge on any atom is 0.357 e. The van der Waals surface area contributed by atoms with Gasteiger partial charge >= 0.3 is 11.2 Å². The number of nitrogens with zero attached hydrogens (tertiary/aromatic N) is 2. The van der Waals surface area contributed by atoms with E-state index in [4.69, 9.17) is 0 Å². The van der Waals surface area contributed by atoms with Gasteiger partial charge in [0.25, 0.3) is 0 Å². The highest BCUT2D eigenvalue weighted by Crippen LogP contribution is 2.29. The highest BCUT2D eigenvalue weighted by Gasteiger charge is 2.23. The summed E-state index contributed by atoms with van der Waals surface area (Å²) in [5.41, 5.74) is -0.188. The lowest BCUT2D eigenvalue weighted by molar-refractivity contribution is -0.385. The molecule has 0 amide bonds. The van der Waals surface area contributed by atoms with Crippen LogP contribution in [0.2, 0.25) is 0 Å². The van der Waals surface area contributed by atoms with Gasteiger partial charge in [-0.3, -0.25) is 14.9 Å². The van der Waals surface area contributed by atoms with Gasteiger partial charge in [0.1, 0.15) is 5.69 Å². The number of anilines is 1. The normalized spacial score (nSPS) is 10.4. The number of nitro groups is 1. The van der Waals surface area contributed by atoms with Crippen LogP contribution in [0.4, 0.5) is 11.4 Å². The molecule has 2 aromatic rings. The molecule has 6 heteroatoms. The molecule has 0 saturated carbocycles. The highest BCUT2D eigenvalue weighted by atomic mass is 16.6. The zero-order valence-corrected chi connectivity index (χ0v) is 10.4. The third-order valence-electron chi connectivity index (χ3n) is 2.88. The number of hydrogen-bond donors (Lipinski definition) is 1. The SMILES string of the molecule is C=CCNc1c([N+](=O)[O-])c(=O)n(C)c2ccccc12.